The summed E-state index contributed by atoms with van der Waals surface area (Å²) < 4.78 is 10.0. The summed E-state index contributed by atoms with van der Waals surface area (Å²) in [5.74, 6) is 23.0. The van der Waals surface area contributed by atoms with Gasteiger partial charge in [0.25, 0.3) is 0 Å². The van der Waals surface area contributed by atoms with Crippen molar-refractivity contribution >= 4 is 11.9 Å². The molecule has 0 saturated carbocycles. The van der Waals surface area contributed by atoms with Crippen LogP contribution in [0.2, 0.25) is 0 Å². The molecule has 0 amide bonds. The van der Waals surface area contributed by atoms with Gasteiger partial charge in [0.05, 0.1) is 6.61 Å². The Bertz CT molecular complexity index is 930. The number of unbranched alkanes of at least 4 members (excludes halogenated alkanes) is 10. The van der Waals surface area contributed by atoms with E-state index in [1.807, 2.05) is 0 Å². The molecule has 0 aliphatic carbocycles. The number of aliphatic hydroxyl groups is 1. The van der Waals surface area contributed by atoms with Crippen molar-refractivity contribution in [1.29, 1.82) is 0 Å². The molecule has 35 heavy (non-hydrogen) atoms. The molecule has 0 fully saturated rings. The molecule has 0 radical (unpaired) electrons. The number of carbonyl (C=O) groups excluding carboxylic acids is 2. The van der Waals surface area contributed by atoms with Crippen LogP contribution in [0, 0.1) is 59.2 Å². The van der Waals surface area contributed by atoms with Crippen LogP contribution in [0.1, 0.15) is 104 Å². The van der Waals surface area contributed by atoms with Gasteiger partial charge in [0.15, 0.2) is 6.10 Å². The van der Waals surface area contributed by atoms with Gasteiger partial charge in [-0.2, -0.15) is 0 Å². The van der Waals surface area contributed by atoms with Crippen molar-refractivity contribution in [3.05, 3.63) is 0 Å². The van der Waals surface area contributed by atoms with Crippen molar-refractivity contribution in [2.45, 2.75) is 97.0 Å². The van der Waals surface area contributed by atoms with Crippen molar-refractivity contribution in [1.82, 2.24) is 6.15 Å². The Morgan fingerprint density at radius 2 is 1.26 bits per heavy atom. The fraction of sp³-hybridized carbons (Fsp3) is 0.586. The van der Waals surface area contributed by atoms with Crippen molar-refractivity contribution < 1.29 is 37.0 Å². The van der Waals surface area contributed by atoms with Crippen LogP contribution in [0.3, 0.4) is 0 Å². The second-order valence-electron chi connectivity index (χ2n) is 7.55. The topological polar surface area (TPSA) is 108 Å². The Labute approximate surface area is 225 Å². The van der Waals surface area contributed by atoms with Gasteiger partial charge in [0.1, 0.15) is 6.61 Å². The quantitative estimate of drug-likeness (QED) is 0.108. The Balaban J connectivity index is -0.000000121. The maximum Gasteiger partial charge on any atom is 0.385 e. The van der Waals surface area contributed by atoms with Gasteiger partial charge in [-0.3, -0.25) is 4.79 Å². The number of hydrogen-bond acceptors (Lipinski definition) is 6. The van der Waals surface area contributed by atoms with Gasteiger partial charge in [-0.15, -0.1) is 0 Å². The van der Waals surface area contributed by atoms with E-state index in [1.54, 1.807) is 6.92 Å². The summed E-state index contributed by atoms with van der Waals surface area (Å²) in [6.07, 6.45) is 12.6. The van der Waals surface area contributed by atoms with Crippen LogP contribution in [-0.4, -0.2) is 36.4 Å². The first kappa shape index (κ1) is 33.8. The van der Waals surface area contributed by atoms with Crippen molar-refractivity contribution in [2.75, 3.05) is 13.2 Å². The van der Waals surface area contributed by atoms with E-state index in [4.69, 9.17) is 9.47 Å². The molecule has 0 aliphatic rings. The molecule has 0 unspecified atom stereocenters. The number of rotatable bonds is 16. The average Bonchev–Trinajstić information content (AvgIpc) is 2.84. The van der Waals surface area contributed by atoms with E-state index in [-0.39, 0.29) is 32.0 Å². The summed E-state index contributed by atoms with van der Waals surface area (Å²) in [7, 11) is 0. The normalized spacial score (nSPS) is 9.34. The number of carbonyl (C=O) groups is 2. The molecule has 0 aromatic heterocycles. The van der Waals surface area contributed by atoms with E-state index in [9.17, 15) is 14.7 Å². The lowest BCUT2D eigenvalue weighted by atomic mass is 10.1. The monoisotopic (exact) mass is 499 g/mol. The van der Waals surface area contributed by atoms with Gasteiger partial charge in [0.2, 0.25) is 0 Å². The minimum absolute atomic E-state index is 0. The zero-order valence-electron chi connectivity index (χ0n) is 21.3. The van der Waals surface area contributed by atoms with E-state index in [0.717, 1.165) is 19.3 Å². The summed E-state index contributed by atoms with van der Waals surface area (Å²) in [5, 5.41) is 9.34. The van der Waals surface area contributed by atoms with Gasteiger partial charge >= 0.3 is 11.9 Å². The highest BCUT2D eigenvalue weighted by molar-refractivity contribution is 5.89. The number of ether oxygens (including phenoxy) is 2. The van der Waals surface area contributed by atoms with Gasteiger partial charge in [-0.05, 0) is 60.7 Å². The summed E-state index contributed by atoms with van der Waals surface area (Å²) in [6.45, 7) is 3.19. The first-order chi connectivity index (χ1) is 16.6. The van der Waals surface area contributed by atoms with Crippen LogP contribution >= 0.6 is 0 Å². The van der Waals surface area contributed by atoms with Gasteiger partial charge in [-0.25, -0.2) is 4.79 Å². The summed E-state index contributed by atoms with van der Waals surface area (Å²) >= 11 is 0. The van der Waals surface area contributed by atoms with Crippen LogP contribution in [0.25, 0.3) is 0 Å². The molecule has 0 heterocycles. The summed E-state index contributed by atoms with van der Waals surface area (Å²) in [4.78, 5) is 23.5. The van der Waals surface area contributed by atoms with E-state index in [2.05, 4.69) is 66.1 Å². The lowest BCUT2D eigenvalue weighted by Gasteiger charge is -2.14. The zero-order chi connectivity index (χ0) is 25.1. The first-order valence-electron chi connectivity index (χ1n) is 12.0. The molecule has 0 aromatic rings. The SMILES string of the molecule is CC#CC#CC#CC#CC#CC(=O)OC[C@@H](CO)OC(=O)CCCCCCCCCCCCC.N.[HH].[HH].[HH].[HH].[HH].[HH].[HH].[HH].[HH]. The molecule has 0 saturated heterocycles. The summed E-state index contributed by atoms with van der Waals surface area (Å²) in [6, 6.07) is 0. The molecule has 1 atom stereocenters. The number of hydrogen-bond donors (Lipinski definition) is 2. The maximum atomic E-state index is 11.9. The van der Waals surface area contributed by atoms with E-state index < -0.39 is 24.6 Å². The van der Waals surface area contributed by atoms with Crippen LogP contribution in [0.15, 0.2) is 0 Å². The smallest absolute Gasteiger partial charge is 0.385 e. The first-order valence-corrected chi connectivity index (χ1v) is 12.0. The van der Waals surface area contributed by atoms with E-state index >= 15 is 0 Å². The second-order valence-corrected chi connectivity index (χ2v) is 7.55. The van der Waals surface area contributed by atoms with Crippen molar-refractivity contribution in [2.24, 2.45) is 0 Å². The Hall–Kier alpha value is -3.34. The van der Waals surface area contributed by atoms with E-state index in [1.165, 1.54) is 51.4 Å². The molecule has 6 heteroatoms. The van der Waals surface area contributed by atoms with Crippen molar-refractivity contribution in [3.8, 4) is 59.2 Å². The Kier molecular flexibility index (Phi) is 26.0. The fourth-order valence-electron chi connectivity index (χ4n) is 2.84. The number of esters is 2. The molecular formula is C29H57NO5. The second kappa shape index (κ2) is 26.9. The molecule has 0 aliphatic heterocycles. The predicted molar refractivity (Wildman–Crippen MR) is 158 cm³/mol. The highest BCUT2D eigenvalue weighted by Crippen LogP contribution is 2.12. The molecule has 208 valence electrons. The third-order valence-corrected chi connectivity index (χ3v) is 4.61. The largest absolute Gasteiger partial charge is 0.456 e. The third-order valence-electron chi connectivity index (χ3n) is 4.61. The summed E-state index contributed by atoms with van der Waals surface area (Å²) in [5.41, 5.74) is 0. The molecule has 0 bridgehead atoms. The molecule has 0 rings (SSSR count). The lowest BCUT2D eigenvalue weighted by molar-refractivity contribution is -0.159. The van der Waals surface area contributed by atoms with Crippen LogP contribution < -0.4 is 6.15 Å². The van der Waals surface area contributed by atoms with Gasteiger partial charge in [-0.1, -0.05) is 77.1 Å². The highest BCUT2D eigenvalue weighted by atomic mass is 16.6. The highest BCUT2D eigenvalue weighted by Gasteiger charge is 2.15. The van der Waals surface area contributed by atoms with Crippen molar-refractivity contribution in [3.63, 3.8) is 0 Å². The molecule has 4 N–H and O–H groups in total. The van der Waals surface area contributed by atoms with Gasteiger partial charge < -0.3 is 20.7 Å². The molecule has 0 aromatic carbocycles. The Morgan fingerprint density at radius 3 is 1.77 bits per heavy atom. The minimum atomic E-state index is -0.910. The maximum absolute atomic E-state index is 11.9. The average molecular weight is 500 g/mol. The third kappa shape index (κ3) is 25.1. The fourth-order valence-corrected chi connectivity index (χ4v) is 2.84. The van der Waals surface area contributed by atoms with E-state index in [0.29, 0.717) is 0 Å². The zero-order valence-corrected chi connectivity index (χ0v) is 21.3. The standard InChI is InChI=1S/C29H36O5.H3N.9H2/c1-3-5-7-9-11-13-14-16-18-20-22-24-29(32)34-27(25-30)26-33-28(31)23-21-19-17-15-12-10-8-6-4-2;;;;;;;;;;/h27,30H,3,5,7,9,11,13-14,16,18,20,22,24-26H2,1-2H3;1H3;9*1H/t27-;;;;;;;;;;/m1........../s1. The minimum Gasteiger partial charge on any atom is -0.456 e. The lowest BCUT2D eigenvalue weighted by Crippen LogP contribution is -2.28. The van der Waals surface area contributed by atoms with Crippen LogP contribution in [0.5, 0.6) is 0 Å². The number of aliphatic hydroxyl groups excluding tert-OH is 1. The van der Waals surface area contributed by atoms with Gasteiger partial charge in [0, 0.05) is 25.2 Å². The Morgan fingerprint density at radius 1 is 0.771 bits per heavy atom. The molecule has 0 spiro atoms. The molecular weight excluding hydrogens is 442 g/mol. The molecule has 6 nitrogen and oxygen atoms in total. The predicted octanol–water partition coefficient (Wildman–Crippen LogP) is 6.55. The van der Waals surface area contributed by atoms with Crippen LogP contribution in [0.4, 0.5) is 0 Å². The van der Waals surface area contributed by atoms with Crippen LogP contribution in [-0.2, 0) is 19.1 Å².